The molecule has 0 radical (unpaired) electrons. The van der Waals surface area contributed by atoms with Gasteiger partial charge in [-0.1, -0.05) is 286 Å². The van der Waals surface area contributed by atoms with E-state index >= 15 is 0 Å². The quantitative estimate of drug-likeness (QED) is 0.0243. The highest BCUT2D eigenvalue weighted by Gasteiger charge is 2.27. The number of quaternary nitrogens is 1. The fourth-order valence-electron chi connectivity index (χ4n) is 9.15. The van der Waals surface area contributed by atoms with Gasteiger partial charge >= 0.3 is 7.82 Å². The number of nitrogens with one attached hydrogen (secondary N) is 1. The van der Waals surface area contributed by atoms with Crippen LogP contribution < -0.4 is 5.32 Å². The first kappa shape index (κ1) is 71.2. The zero-order valence-electron chi connectivity index (χ0n) is 48.9. The van der Waals surface area contributed by atoms with Gasteiger partial charge in [0.25, 0.3) is 0 Å². The van der Waals surface area contributed by atoms with Gasteiger partial charge in [0, 0.05) is 6.42 Å². The zero-order valence-corrected chi connectivity index (χ0v) is 49.8. The van der Waals surface area contributed by atoms with Crippen LogP contribution in [-0.2, 0) is 18.4 Å². The van der Waals surface area contributed by atoms with Crippen LogP contribution >= 0.6 is 7.82 Å². The highest BCUT2D eigenvalue weighted by molar-refractivity contribution is 7.47. The van der Waals surface area contributed by atoms with E-state index in [4.69, 9.17) is 9.05 Å². The predicted molar refractivity (Wildman–Crippen MR) is 318 cm³/mol. The van der Waals surface area contributed by atoms with Crippen molar-refractivity contribution in [1.29, 1.82) is 0 Å². The number of allylic oxidation sites excluding steroid dienone is 9. The predicted octanol–water partition coefficient (Wildman–Crippen LogP) is 19.3. The Balaban J connectivity index is 4.16. The Kier molecular flexibility index (Phi) is 53.6. The number of hydrogen-bond donors (Lipinski definition) is 3. The van der Waals surface area contributed by atoms with Crippen molar-refractivity contribution in [2.45, 2.75) is 302 Å². The number of rotatable bonds is 57. The number of phosphoric acid groups is 1. The maximum absolute atomic E-state index is 13.0. The second-order valence-electron chi connectivity index (χ2n) is 22.4. The Hall–Kier alpha value is -1.80. The summed E-state index contributed by atoms with van der Waals surface area (Å²) in [5.41, 5.74) is 0. The van der Waals surface area contributed by atoms with E-state index < -0.39 is 20.0 Å². The summed E-state index contributed by atoms with van der Waals surface area (Å²) < 4.78 is 23.8. The second-order valence-corrected chi connectivity index (χ2v) is 23.9. The van der Waals surface area contributed by atoms with Crippen molar-refractivity contribution in [3.8, 4) is 0 Å². The van der Waals surface area contributed by atoms with E-state index in [1.807, 2.05) is 27.2 Å². The third-order valence-corrected chi connectivity index (χ3v) is 15.0. The highest BCUT2D eigenvalue weighted by atomic mass is 31.2. The van der Waals surface area contributed by atoms with E-state index in [9.17, 15) is 19.4 Å². The first-order valence-corrected chi connectivity index (χ1v) is 32.7. The Morgan fingerprint density at radius 2 is 0.822 bits per heavy atom. The molecule has 9 heteroatoms. The lowest BCUT2D eigenvalue weighted by Gasteiger charge is -2.25. The molecule has 0 spiro atoms. The molecule has 1 amide bonds. The summed E-state index contributed by atoms with van der Waals surface area (Å²) >= 11 is 0. The maximum atomic E-state index is 13.0. The van der Waals surface area contributed by atoms with Crippen molar-refractivity contribution in [2.24, 2.45) is 0 Å². The number of nitrogens with zero attached hydrogens (tertiary/aromatic N) is 1. The lowest BCUT2D eigenvalue weighted by molar-refractivity contribution is -0.870. The molecule has 0 fully saturated rings. The van der Waals surface area contributed by atoms with Crippen LogP contribution in [0.25, 0.3) is 0 Å². The monoisotopic (exact) mass is 1050 g/mol. The molecule has 3 N–H and O–H groups in total. The molecule has 0 aromatic heterocycles. The molecule has 0 saturated heterocycles. The third kappa shape index (κ3) is 57.7. The molecular weight excluding hydrogens is 924 g/mol. The molecule has 0 aliphatic rings. The topological polar surface area (TPSA) is 105 Å². The number of carbonyl (C=O) groups is 1. The van der Waals surface area contributed by atoms with Gasteiger partial charge in [-0.2, -0.15) is 0 Å². The summed E-state index contributed by atoms with van der Waals surface area (Å²) in [5, 5.41) is 14.0. The van der Waals surface area contributed by atoms with Crippen LogP contribution in [0.5, 0.6) is 0 Å². The number of likely N-dealkylation sites (N-methyl/N-ethyl adjacent to an activating group) is 1. The third-order valence-electron chi connectivity index (χ3n) is 14.0. The van der Waals surface area contributed by atoms with Crippen molar-refractivity contribution in [1.82, 2.24) is 5.32 Å². The summed E-state index contributed by atoms with van der Waals surface area (Å²) in [7, 11) is 1.57. The number of phosphoric ester groups is 1. The number of carbonyl (C=O) groups excluding carboxylic acids is 1. The van der Waals surface area contributed by atoms with Crippen LogP contribution in [0.1, 0.15) is 290 Å². The summed E-state index contributed by atoms with van der Waals surface area (Å²) in [4.78, 5) is 23.4. The van der Waals surface area contributed by atoms with Gasteiger partial charge in [-0.05, 0) is 57.8 Å². The highest BCUT2D eigenvalue weighted by Crippen LogP contribution is 2.43. The minimum Gasteiger partial charge on any atom is -0.387 e. The van der Waals surface area contributed by atoms with Crippen molar-refractivity contribution in [2.75, 3.05) is 40.9 Å². The van der Waals surface area contributed by atoms with Gasteiger partial charge in [0.15, 0.2) is 0 Å². The SMILES string of the molecule is CC/C=C\C/C=C\C/C=C\C/C=C\CCCCCCCCCCCCC(=O)NC(COP(=O)(O)OCC[N+](C)(C)C)C(O)/C=C/CCCCCCCCCCCCCCCCCCCCCCCCCCCC. The van der Waals surface area contributed by atoms with Crippen molar-refractivity contribution in [3.05, 3.63) is 60.8 Å². The molecule has 3 atom stereocenters. The van der Waals surface area contributed by atoms with Crippen LogP contribution in [0, 0.1) is 0 Å². The van der Waals surface area contributed by atoms with Crippen LogP contribution in [0.3, 0.4) is 0 Å². The normalized spacial score (nSPS) is 14.2. The van der Waals surface area contributed by atoms with Crippen LogP contribution in [-0.4, -0.2) is 73.4 Å². The smallest absolute Gasteiger partial charge is 0.387 e. The van der Waals surface area contributed by atoms with Gasteiger partial charge in [-0.3, -0.25) is 13.8 Å². The first-order valence-electron chi connectivity index (χ1n) is 31.2. The first-order chi connectivity index (χ1) is 35.5. The molecule has 0 rings (SSSR count). The summed E-state index contributed by atoms with van der Waals surface area (Å²) in [6.07, 6.45) is 74.8. The largest absolute Gasteiger partial charge is 0.472 e. The number of unbranched alkanes of at least 4 members (excludes halogenated alkanes) is 36. The second kappa shape index (κ2) is 55.0. The fourth-order valence-corrected chi connectivity index (χ4v) is 9.89. The number of hydrogen-bond acceptors (Lipinski definition) is 5. The lowest BCUT2D eigenvalue weighted by atomic mass is 10.0. The van der Waals surface area contributed by atoms with E-state index in [1.165, 1.54) is 205 Å². The van der Waals surface area contributed by atoms with Crippen LogP contribution in [0.2, 0.25) is 0 Å². The molecule has 0 heterocycles. The van der Waals surface area contributed by atoms with E-state index in [1.54, 1.807) is 6.08 Å². The Bertz CT molecular complexity index is 1370. The van der Waals surface area contributed by atoms with Crippen LogP contribution in [0.15, 0.2) is 60.8 Å². The summed E-state index contributed by atoms with van der Waals surface area (Å²) in [6.45, 7) is 4.73. The number of aliphatic hydroxyl groups is 1. The molecule has 0 aliphatic carbocycles. The van der Waals surface area contributed by atoms with Gasteiger partial charge in [0.2, 0.25) is 5.91 Å². The van der Waals surface area contributed by atoms with E-state index in [0.717, 1.165) is 64.2 Å². The standard InChI is InChI=1S/C64H121N2O6P/c1-6-8-10-12-14-16-18-20-22-24-26-28-30-31-32-33-34-36-37-39-41-43-45-47-49-51-53-55-57-63(67)62(61-72-73(69,70)71-60-59-66(3,4)5)65-64(68)58-56-54-52-50-48-46-44-42-40-38-35-29-27-25-23-21-19-17-15-13-11-9-7-2/h9,11,15,17,21,23,27,29,55,57,62-63,67H,6-8,10,12-14,16,18-20,22,24-26,28,30-54,56,58-61H2,1-5H3,(H-,65,68,69,70)/p+1/b11-9-,17-15-,23-21-,29-27-,57-55+. The van der Waals surface area contributed by atoms with E-state index in [-0.39, 0.29) is 19.1 Å². The summed E-state index contributed by atoms with van der Waals surface area (Å²) in [6, 6.07) is -0.853. The molecule has 428 valence electrons. The molecule has 8 nitrogen and oxygen atoms in total. The number of amides is 1. The lowest BCUT2D eigenvalue weighted by Crippen LogP contribution is -2.45. The van der Waals surface area contributed by atoms with Gasteiger partial charge < -0.3 is 19.8 Å². The Morgan fingerprint density at radius 1 is 0.479 bits per heavy atom. The maximum Gasteiger partial charge on any atom is 0.472 e. The van der Waals surface area contributed by atoms with Crippen LogP contribution in [0.4, 0.5) is 0 Å². The van der Waals surface area contributed by atoms with Gasteiger partial charge in [-0.15, -0.1) is 0 Å². The van der Waals surface area contributed by atoms with E-state index in [2.05, 4.69) is 67.8 Å². The Labute approximate surface area is 453 Å². The van der Waals surface area contributed by atoms with Crippen molar-refractivity contribution < 1.29 is 32.9 Å². The molecule has 0 aromatic carbocycles. The van der Waals surface area contributed by atoms with Crippen molar-refractivity contribution >= 4 is 13.7 Å². The average Bonchev–Trinajstić information content (AvgIpc) is 3.35. The molecule has 0 bridgehead atoms. The van der Waals surface area contributed by atoms with Crippen molar-refractivity contribution in [3.63, 3.8) is 0 Å². The fraction of sp³-hybridized carbons (Fsp3) is 0.828. The summed E-state index contributed by atoms with van der Waals surface area (Å²) in [5.74, 6) is -0.180. The van der Waals surface area contributed by atoms with Gasteiger partial charge in [-0.25, -0.2) is 4.57 Å². The van der Waals surface area contributed by atoms with Gasteiger partial charge in [0.05, 0.1) is 39.9 Å². The van der Waals surface area contributed by atoms with E-state index in [0.29, 0.717) is 17.4 Å². The molecule has 73 heavy (non-hydrogen) atoms. The zero-order chi connectivity index (χ0) is 53.5. The minimum atomic E-state index is -4.35. The molecule has 0 aliphatic heterocycles. The molecule has 0 aromatic rings. The Morgan fingerprint density at radius 3 is 1.21 bits per heavy atom. The van der Waals surface area contributed by atoms with Gasteiger partial charge in [0.1, 0.15) is 13.2 Å². The molecule has 0 saturated carbocycles. The average molecular weight is 1050 g/mol. The number of aliphatic hydroxyl groups excluding tert-OH is 1. The molecule has 3 unspecified atom stereocenters. The minimum absolute atomic E-state index is 0.0592. The molecular formula is C64H122N2O6P+.